The van der Waals surface area contributed by atoms with E-state index in [1.807, 2.05) is 24.3 Å². The summed E-state index contributed by atoms with van der Waals surface area (Å²) in [6, 6.07) is 7.79. The van der Waals surface area contributed by atoms with Crippen LogP contribution in [0.3, 0.4) is 0 Å². The molecule has 1 fully saturated rings. The molecule has 1 saturated heterocycles. The van der Waals surface area contributed by atoms with E-state index in [1.165, 1.54) is 0 Å². The molecule has 1 atom stereocenters. The van der Waals surface area contributed by atoms with Gasteiger partial charge in [0.15, 0.2) is 0 Å². The zero-order valence-electron chi connectivity index (χ0n) is 10.1. The molecule has 1 aromatic carbocycles. The Kier molecular flexibility index (Phi) is 3.62. The minimum Gasteiger partial charge on any atom is -0.461 e. The van der Waals surface area contributed by atoms with E-state index in [4.69, 9.17) is 16.3 Å². The summed E-state index contributed by atoms with van der Waals surface area (Å²) in [5.41, 5.74) is 0.893. The first kappa shape index (κ1) is 12.8. The monoisotopic (exact) mass is 293 g/mol. The Morgan fingerprint density at radius 2 is 2.26 bits per heavy atom. The Bertz CT molecular complexity index is 632. The zero-order chi connectivity index (χ0) is 13.2. The van der Waals surface area contributed by atoms with Gasteiger partial charge in [0, 0.05) is 28.7 Å². The fourth-order valence-electron chi connectivity index (χ4n) is 2.07. The summed E-state index contributed by atoms with van der Waals surface area (Å²) in [5, 5.41) is 1.68. The van der Waals surface area contributed by atoms with Crippen LogP contribution in [0.4, 0.5) is 0 Å². The quantitative estimate of drug-likeness (QED) is 0.639. The summed E-state index contributed by atoms with van der Waals surface area (Å²) in [4.78, 5) is 16.4. The lowest BCUT2D eigenvalue weighted by Crippen LogP contribution is -2.09. The Labute approximate surface area is 120 Å². The maximum absolute atomic E-state index is 11.0. The van der Waals surface area contributed by atoms with Gasteiger partial charge in [-0.3, -0.25) is 9.78 Å². The van der Waals surface area contributed by atoms with E-state index in [1.54, 1.807) is 18.0 Å². The molecule has 2 heterocycles. The molecular weight excluding hydrogens is 282 g/mol. The van der Waals surface area contributed by atoms with Gasteiger partial charge < -0.3 is 4.74 Å². The Balaban J connectivity index is 1.77. The van der Waals surface area contributed by atoms with Gasteiger partial charge in [0.25, 0.3) is 0 Å². The zero-order valence-corrected chi connectivity index (χ0v) is 11.7. The third kappa shape index (κ3) is 2.69. The van der Waals surface area contributed by atoms with Crippen LogP contribution in [0, 0.1) is 0 Å². The molecule has 1 aliphatic rings. The van der Waals surface area contributed by atoms with Gasteiger partial charge in [-0.2, -0.15) is 0 Å². The van der Waals surface area contributed by atoms with Crippen molar-refractivity contribution in [3.05, 3.63) is 35.5 Å². The highest BCUT2D eigenvalue weighted by Gasteiger charge is 2.23. The van der Waals surface area contributed by atoms with Crippen molar-refractivity contribution in [1.29, 1.82) is 0 Å². The van der Waals surface area contributed by atoms with Crippen molar-refractivity contribution < 1.29 is 9.53 Å². The van der Waals surface area contributed by atoms with Gasteiger partial charge in [-0.25, -0.2) is 0 Å². The van der Waals surface area contributed by atoms with Gasteiger partial charge >= 0.3 is 5.97 Å². The van der Waals surface area contributed by atoms with E-state index in [2.05, 4.69) is 4.98 Å². The Morgan fingerprint density at radius 3 is 3.05 bits per heavy atom. The number of hydrogen-bond donors (Lipinski definition) is 0. The first-order valence-corrected chi connectivity index (χ1v) is 7.46. The van der Waals surface area contributed by atoms with Crippen LogP contribution in [0.25, 0.3) is 10.9 Å². The molecule has 0 bridgehead atoms. The standard InChI is InChI=1S/C14H12ClNO2S/c15-14-10-3-1-2-4-11(10)16-7-12(14)19-8-9-5-6-13(17)18-9/h1-4,7,9H,5-6,8H2. The van der Waals surface area contributed by atoms with Gasteiger partial charge in [0.2, 0.25) is 0 Å². The first-order valence-electron chi connectivity index (χ1n) is 6.09. The topological polar surface area (TPSA) is 39.2 Å². The highest BCUT2D eigenvalue weighted by Crippen LogP contribution is 2.33. The van der Waals surface area contributed by atoms with Crippen LogP contribution in [0.15, 0.2) is 35.4 Å². The summed E-state index contributed by atoms with van der Waals surface area (Å²) in [6.07, 6.45) is 3.10. The van der Waals surface area contributed by atoms with E-state index in [0.29, 0.717) is 6.42 Å². The van der Waals surface area contributed by atoms with Crippen LogP contribution in [0.1, 0.15) is 12.8 Å². The van der Waals surface area contributed by atoms with E-state index >= 15 is 0 Å². The van der Waals surface area contributed by atoms with Gasteiger partial charge in [0.1, 0.15) is 6.10 Å². The van der Waals surface area contributed by atoms with Crippen molar-refractivity contribution in [3.8, 4) is 0 Å². The molecule has 1 unspecified atom stereocenters. The highest BCUT2D eigenvalue weighted by atomic mass is 35.5. The number of halogens is 1. The predicted octanol–water partition coefficient (Wildman–Crippen LogP) is 3.69. The molecule has 19 heavy (non-hydrogen) atoms. The first-order chi connectivity index (χ1) is 9.24. The van der Waals surface area contributed by atoms with E-state index in [9.17, 15) is 4.79 Å². The smallest absolute Gasteiger partial charge is 0.306 e. The summed E-state index contributed by atoms with van der Waals surface area (Å²) in [5.74, 6) is 0.624. The lowest BCUT2D eigenvalue weighted by molar-refractivity contribution is -0.140. The fourth-order valence-corrected chi connectivity index (χ4v) is 3.41. The van der Waals surface area contributed by atoms with E-state index in [0.717, 1.165) is 33.0 Å². The maximum atomic E-state index is 11.0. The number of carbonyl (C=O) groups excluding carboxylic acids is 1. The number of rotatable bonds is 3. The number of thioether (sulfide) groups is 1. The van der Waals surface area contributed by atoms with Crippen LogP contribution in [0.5, 0.6) is 0 Å². The van der Waals surface area contributed by atoms with Crippen LogP contribution in [-0.4, -0.2) is 22.8 Å². The summed E-state index contributed by atoms with van der Waals surface area (Å²) in [6.45, 7) is 0. The molecule has 1 aromatic heterocycles. The molecule has 2 aromatic rings. The number of para-hydroxylation sites is 1. The second-order valence-corrected chi connectivity index (χ2v) is 5.85. The molecule has 3 nitrogen and oxygen atoms in total. The van der Waals surface area contributed by atoms with Gasteiger partial charge in [-0.05, 0) is 12.5 Å². The number of pyridine rings is 1. The average molecular weight is 294 g/mol. The summed E-state index contributed by atoms with van der Waals surface area (Å²) < 4.78 is 5.19. The van der Waals surface area contributed by atoms with Gasteiger partial charge in [-0.15, -0.1) is 11.8 Å². The van der Waals surface area contributed by atoms with Crippen LogP contribution >= 0.6 is 23.4 Å². The average Bonchev–Trinajstić information content (AvgIpc) is 2.84. The minimum absolute atomic E-state index is 0.0000342. The number of cyclic esters (lactones) is 1. The van der Waals surface area contributed by atoms with Crippen LogP contribution < -0.4 is 0 Å². The molecule has 0 N–H and O–H groups in total. The van der Waals surface area contributed by atoms with Crippen molar-refractivity contribution in [2.75, 3.05) is 5.75 Å². The molecule has 0 radical (unpaired) electrons. The molecule has 1 aliphatic heterocycles. The lowest BCUT2D eigenvalue weighted by atomic mass is 10.2. The SMILES string of the molecule is O=C1CCC(CSc2cnc3ccccc3c2Cl)O1. The van der Waals surface area contributed by atoms with E-state index in [-0.39, 0.29) is 12.1 Å². The maximum Gasteiger partial charge on any atom is 0.306 e. The number of hydrogen-bond acceptors (Lipinski definition) is 4. The highest BCUT2D eigenvalue weighted by molar-refractivity contribution is 7.99. The van der Waals surface area contributed by atoms with Gasteiger partial charge in [0.05, 0.1) is 10.5 Å². The summed E-state index contributed by atoms with van der Waals surface area (Å²) >= 11 is 7.98. The number of fused-ring (bicyclic) bond motifs is 1. The molecule has 0 amide bonds. The molecule has 98 valence electrons. The lowest BCUT2D eigenvalue weighted by Gasteiger charge is -2.10. The fraction of sp³-hybridized carbons (Fsp3) is 0.286. The van der Waals surface area contributed by atoms with E-state index < -0.39 is 0 Å². The molecule has 0 spiro atoms. The normalized spacial score (nSPS) is 18.8. The largest absolute Gasteiger partial charge is 0.461 e. The molecular formula is C14H12ClNO2S. The minimum atomic E-state index is -0.103. The molecule has 5 heteroatoms. The second-order valence-electron chi connectivity index (χ2n) is 4.42. The predicted molar refractivity (Wildman–Crippen MR) is 76.6 cm³/mol. The van der Waals surface area contributed by atoms with Crippen molar-refractivity contribution in [2.24, 2.45) is 0 Å². The van der Waals surface area contributed by atoms with Gasteiger partial charge in [-0.1, -0.05) is 29.8 Å². The number of carbonyl (C=O) groups is 1. The molecule has 0 aliphatic carbocycles. The molecule has 0 saturated carbocycles. The van der Waals surface area contributed by atoms with Crippen molar-refractivity contribution >= 4 is 40.2 Å². The third-order valence-electron chi connectivity index (χ3n) is 3.07. The molecule has 3 rings (SSSR count). The second kappa shape index (κ2) is 5.39. The Morgan fingerprint density at radius 1 is 1.42 bits per heavy atom. The Hall–Kier alpha value is -1.26. The van der Waals surface area contributed by atoms with Crippen molar-refractivity contribution in [2.45, 2.75) is 23.8 Å². The number of esters is 1. The van der Waals surface area contributed by atoms with Crippen molar-refractivity contribution in [1.82, 2.24) is 4.98 Å². The van der Waals surface area contributed by atoms with Crippen LogP contribution in [-0.2, 0) is 9.53 Å². The number of benzene rings is 1. The number of aromatic nitrogens is 1. The van der Waals surface area contributed by atoms with Crippen LogP contribution in [0.2, 0.25) is 5.02 Å². The number of ether oxygens (including phenoxy) is 1. The summed E-state index contributed by atoms with van der Waals surface area (Å²) in [7, 11) is 0. The third-order valence-corrected chi connectivity index (χ3v) is 4.75. The van der Waals surface area contributed by atoms with Crippen molar-refractivity contribution in [3.63, 3.8) is 0 Å². The number of nitrogens with zero attached hydrogens (tertiary/aromatic N) is 1.